The van der Waals surface area contributed by atoms with Crippen LogP contribution in [0.15, 0.2) is 18.2 Å². The molecule has 0 aromatic heterocycles. The van der Waals surface area contributed by atoms with Crippen molar-refractivity contribution in [3.63, 3.8) is 0 Å². The van der Waals surface area contributed by atoms with Gasteiger partial charge in [-0.05, 0) is 25.5 Å². The highest BCUT2D eigenvalue weighted by molar-refractivity contribution is 5.55. The monoisotopic (exact) mass is 189 g/mol. The van der Waals surface area contributed by atoms with Crippen molar-refractivity contribution in [1.29, 1.82) is 0 Å². The van der Waals surface area contributed by atoms with Gasteiger partial charge in [-0.2, -0.15) is 0 Å². The molecule has 0 bridgehead atoms. The Bertz CT molecular complexity index is 352. The van der Waals surface area contributed by atoms with Gasteiger partial charge in [-0.25, -0.2) is 0 Å². The average Bonchev–Trinajstić information content (AvgIpc) is 2.21. The van der Waals surface area contributed by atoms with Crippen LogP contribution in [0.2, 0.25) is 0 Å². The van der Waals surface area contributed by atoms with Crippen molar-refractivity contribution in [2.45, 2.75) is 19.9 Å². The quantitative estimate of drug-likeness (QED) is 0.737. The average molecular weight is 189 g/mol. The number of methoxy groups -OCH3 is 1. The zero-order chi connectivity index (χ0) is 10.6. The highest BCUT2D eigenvalue weighted by Gasteiger charge is 2.02. The van der Waals surface area contributed by atoms with Crippen LogP contribution in [0.25, 0.3) is 0 Å². The summed E-state index contributed by atoms with van der Waals surface area (Å²) < 4.78 is 5.13. The van der Waals surface area contributed by atoms with Gasteiger partial charge >= 0.3 is 0 Å². The van der Waals surface area contributed by atoms with Crippen LogP contribution in [0, 0.1) is 19.3 Å². The fourth-order valence-electron chi connectivity index (χ4n) is 1.16. The lowest BCUT2D eigenvalue weighted by atomic mass is 10.1. The summed E-state index contributed by atoms with van der Waals surface area (Å²) in [5, 5.41) is 3.22. The van der Waals surface area contributed by atoms with Crippen LogP contribution in [0.4, 0.5) is 5.69 Å². The number of terminal acetylenes is 1. The molecule has 2 nitrogen and oxygen atoms in total. The van der Waals surface area contributed by atoms with Crippen LogP contribution < -0.4 is 10.1 Å². The third kappa shape index (κ3) is 2.43. The molecule has 1 atom stereocenters. The summed E-state index contributed by atoms with van der Waals surface area (Å²) in [6, 6.07) is 5.91. The third-order valence-corrected chi connectivity index (χ3v) is 2.07. The Morgan fingerprint density at radius 3 is 2.79 bits per heavy atom. The lowest BCUT2D eigenvalue weighted by Gasteiger charge is -2.13. The first kappa shape index (κ1) is 10.5. The Hall–Kier alpha value is -1.62. The summed E-state index contributed by atoms with van der Waals surface area (Å²) >= 11 is 0. The van der Waals surface area contributed by atoms with Crippen molar-refractivity contribution in [3.8, 4) is 18.1 Å². The third-order valence-electron chi connectivity index (χ3n) is 2.07. The van der Waals surface area contributed by atoms with E-state index in [1.54, 1.807) is 7.11 Å². The summed E-state index contributed by atoms with van der Waals surface area (Å²) in [5.41, 5.74) is 2.18. The van der Waals surface area contributed by atoms with Crippen LogP contribution in [-0.4, -0.2) is 13.2 Å². The van der Waals surface area contributed by atoms with Gasteiger partial charge in [-0.3, -0.25) is 0 Å². The maximum absolute atomic E-state index is 5.30. The Kier molecular flexibility index (Phi) is 3.41. The molecule has 2 heteroatoms. The number of nitrogens with one attached hydrogen (secondary N) is 1. The lowest BCUT2D eigenvalue weighted by molar-refractivity contribution is 0.415. The first-order chi connectivity index (χ1) is 6.67. The van der Waals surface area contributed by atoms with Gasteiger partial charge < -0.3 is 10.1 Å². The highest BCUT2D eigenvalue weighted by Crippen LogP contribution is 2.22. The van der Waals surface area contributed by atoms with E-state index in [9.17, 15) is 0 Å². The molecular formula is C12H15NO. The second kappa shape index (κ2) is 4.57. The molecule has 0 aliphatic rings. The van der Waals surface area contributed by atoms with E-state index in [0.717, 1.165) is 17.0 Å². The molecule has 1 aromatic rings. The standard InChI is InChI=1S/C12H15NO/c1-5-10(3)13-12-8-11(14-4)7-6-9(12)2/h1,6-8,10,13H,2-4H3. The smallest absolute Gasteiger partial charge is 0.120 e. The van der Waals surface area contributed by atoms with E-state index >= 15 is 0 Å². The fraction of sp³-hybridized carbons (Fsp3) is 0.333. The fourth-order valence-corrected chi connectivity index (χ4v) is 1.16. The van der Waals surface area contributed by atoms with Crippen molar-refractivity contribution in [3.05, 3.63) is 23.8 Å². The molecule has 0 fully saturated rings. The summed E-state index contributed by atoms with van der Waals surface area (Å²) in [6.45, 7) is 3.98. The van der Waals surface area contributed by atoms with E-state index in [0.29, 0.717) is 0 Å². The number of hydrogen-bond donors (Lipinski definition) is 1. The van der Waals surface area contributed by atoms with Crippen molar-refractivity contribution in [2.75, 3.05) is 12.4 Å². The van der Waals surface area contributed by atoms with E-state index in [2.05, 4.69) is 11.2 Å². The van der Waals surface area contributed by atoms with Crippen molar-refractivity contribution in [1.82, 2.24) is 0 Å². The van der Waals surface area contributed by atoms with Gasteiger partial charge in [0, 0.05) is 11.8 Å². The van der Waals surface area contributed by atoms with E-state index in [1.165, 1.54) is 0 Å². The first-order valence-corrected chi connectivity index (χ1v) is 4.54. The number of ether oxygens (including phenoxy) is 1. The largest absolute Gasteiger partial charge is 0.497 e. The van der Waals surface area contributed by atoms with Crippen molar-refractivity contribution < 1.29 is 4.74 Å². The van der Waals surface area contributed by atoms with Gasteiger partial charge in [-0.1, -0.05) is 12.0 Å². The van der Waals surface area contributed by atoms with Gasteiger partial charge in [0.05, 0.1) is 13.2 Å². The Morgan fingerprint density at radius 2 is 2.21 bits per heavy atom. The number of hydrogen-bond acceptors (Lipinski definition) is 2. The minimum Gasteiger partial charge on any atom is -0.497 e. The molecule has 1 aromatic carbocycles. The van der Waals surface area contributed by atoms with Crippen LogP contribution in [0.5, 0.6) is 5.75 Å². The van der Waals surface area contributed by atoms with Gasteiger partial charge in [-0.15, -0.1) is 6.42 Å². The molecule has 14 heavy (non-hydrogen) atoms. The number of rotatable bonds is 3. The molecule has 0 heterocycles. The normalized spacial score (nSPS) is 11.6. The molecule has 0 aliphatic carbocycles. The number of benzene rings is 1. The summed E-state index contributed by atoms with van der Waals surface area (Å²) in [4.78, 5) is 0. The predicted octanol–water partition coefficient (Wildman–Crippen LogP) is 2.44. The molecule has 0 saturated carbocycles. The minimum absolute atomic E-state index is 0.0285. The molecule has 0 amide bonds. The molecule has 74 valence electrons. The van der Waals surface area contributed by atoms with E-state index in [4.69, 9.17) is 11.2 Å². The molecule has 1 N–H and O–H groups in total. The van der Waals surface area contributed by atoms with E-state index in [-0.39, 0.29) is 6.04 Å². The summed E-state index contributed by atoms with van der Waals surface area (Å²) in [7, 11) is 1.65. The van der Waals surface area contributed by atoms with Crippen LogP contribution in [-0.2, 0) is 0 Å². The molecular weight excluding hydrogens is 174 g/mol. The summed E-state index contributed by atoms with van der Waals surface area (Å²) in [6.07, 6.45) is 5.30. The van der Waals surface area contributed by atoms with Crippen LogP contribution >= 0.6 is 0 Å². The molecule has 1 unspecified atom stereocenters. The van der Waals surface area contributed by atoms with Gasteiger partial charge in [0.15, 0.2) is 0 Å². The van der Waals surface area contributed by atoms with Gasteiger partial charge in [0.1, 0.15) is 5.75 Å². The molecule has 0 saturated heterocycles. The molecule has 0 aliphatic heterocycles. The molecule has 0 radical (unpaired) electrons. The second-order valence-electron chi connectivity index (χ2n) is 3.21. The Morgan fingerprint density at radius 1 is 1.50 bits per heavy atom. The van der Waals surface area contributed by atoms with Crippen LogP contribution in [0.1, 0.15) is 12.5 Å². The zero-order valence-corrected chi connectivity index (χ0v) is 8.79. The van der Waals surface area contributed by atoms with Crippen LogP contribution in [0.3, 0.4) is 0 Å². The predicted molar refractivity (Wildman–Crippen MR) is 59.6 cm³/mol. The van der Waals surface area contributed by atoms with E-state index in [1.807, 2.05) is 32.0 Å². The second-order valence-corrected chi connectivity index (χ2v) is 3.21. The van der Waals surface area contributed by atoms with Gasteiger partial charge in [0.25, 0.3) is 0 Å². The maximum atomic E-state index is 5.30. The number of aryl methyl sites for hydroxylation is 1. The van der Waals surface area contributed by atoms with Crippen molar-refractivity contribution >= 4 is 5.69 Å². The topological polar surface area (TPSA) is 21.3 Å². The summed E-state index contributed by atoms with van der Waals surface area (Å²) in [5.74, 6) is 3.46. The molecule has 0 spiro atoms. The first-order valence-electron chi connectivity index (χ1n) is 4.54. The SMILES string of the molecule is C#CC(C)Nc1cc(OC)ccc1C. The highest BCUT2D eigenvalue weighted by atomic mass is 16.5. The van der Waals surface area contributed by atoms with Gasteiger partial charge in [0.2, 0.25) is 0 Å². The Labute approximate surface area is 85.3 Å². The minimum atomic E-state index is 0.0285. The molecule has 1 rings (SSSR count). The van der Waals surface area contributed by atoms with Crippen molar-refractivity contribution in [2.24, 2.45) is 0 Å². The lowest BCUT2D eigenvalue weighted by Crippen LogP contribution is -2.12. The number of anilines is 1. The maximum Gasteiger partial charge on any atom is 0.120 e. The Balaban J connectivity index is 2.90. The zero-order valence-electron chi connectivity index (χ0n) is 8.79. The van der Waals surface area contributed by atoms with E-state index < -0.39 is 0 Å².